The minimum Gasteiger partial charge on any atom is -0.381 e. The molecule has 1 rings (SSSR count). The second kappa shape index (κ2) is 3.66. The SMILES string of the molecule is CC(C)(C)C(CC1COC1)C(N)=O. The molecule has 1 amide bonds. The number of rotatable bonds is 3. The molecule has 0 radical (unpaired) electrons. The Hall–Kier alpha value is -0.570. The third-order valence-electron chi connectivity index (χ3n) is 2.66. The molecule has 0 aromatic heterocycles. The molecule has 1 atom stereocenters. The lowest BCUT2D eigenvalue weighted by atomic mass is 9.75. The highest BCUT2D eigenvalue weighted by Gasteiger charge is 2.33. The van der Waals surface area contributed by atoms with Crippen LogP contribution in [0.2, 0.25) is 0 Å². The molecule has 1 heterocycles. The summed E-state index contributed by atoms with van der Waals surface area (Å²) in [5, 5.41) is 0. The molecule has 0 bridgehead atoms. The first-order valence-corrected chi connectivity index (χ1v) is 4.78. The fraction of sp³-hybridized carbons (Fsp3) is 0.900. The fourth-order valence-electron chi connectivity index (χ4n) is 1.65. The van der Waals surface area contributed by atoms with E-state index in [0.29, 0.717) is 5.92 Å². The zero-order valence-electron chi connectivity index (χ0n) is 8.67. The van der Waals surface area contributed by atoms with Gasteiger partial charge in [-0.15, -0.1) is 0 Å². The van der Waals surface area contributed by atoms with Crippen molar-refractivity contribution < 1.29 is 9.53 Å². The number of amides is 1. The van der Waals surface area contributed by atoms with E-state index >= 15 is 0 Å². The van der Waals surface area contributed by atoms with Gasteiger partial charge in [-0.1, -0.05) is 20.8 Å². The number of primary amides is 1. The molecule has 2 N–H and O–H groups in total. The molecule has 1 saturated heterocycles. The van der Waals surface area contributed by atoms with Crippen molar-refractivity contribution in [3.05, 3.63) is 0 Å². The van der Waals surface area contributed by atoms with Crippen LogP contribution in [0.1, 0.15) is 27.2 Å². The first kappa shape index (κ1) is 10.5. The Kier molecular flexibility index (Phi) is 2.96. The number of carbonyl (C=O) groups is 1. The monoisotopic (exact) mass is 185 g/mol. The van der Waals surface area contributed by atoms with Crippen molar-refractivity contribution >= 4 is 5.91 Å². The van der Waals surface area contributed by atoms with Crippen LogP contribution >= 0.6 is 0 Å². The van der Waals surface area contributed by atoms with E-state index in [2.05, 4.69) is 20.8 Å². The third-order valence-corrected chi connectivity index (χ3v) is 2.66. The molecule has 0 saturated carbocycles. The zero-order chi connectivity index (χ0) is 10.1. The summed E-state index contributed by atoms with van der Waals surface area (Å²) in [4.78, 5) is 11.2. The standard InChI is InChI=1S/C10H19NO2/c1-10(2,3)8(9(11)12)4-7-5-13-6-7/h7-8H,4-6H2,1-3H3,(H2,11,12). The van der Waals surface area contributed by atoms with Gasteiger partial charge in [0.15, 0.2) is 0 Å². The van der Waals surface area contributed by atoms with Gasteiger partial charge in [0.25, 0.3) is 0 Å². The summed E-state index contributed by atoms with van der Waals surface area (Å²) >= 11 is 0. The van der Waals surface area contributed by atoms with Crippen molar-refractivity contribution in [2.24, 2.45) is 23.0 Å². The Morgan fingerprint density at radius 1 is 1.54 bits per heavy atom. The lowest BCUT2D eigenvalue weighted by Crippen LogP contribution is -2.39. The van der Waals surface area contributed by atoms with Gasteiger partial charge in [-0.3, -0.25) is 4.79 Å². The van der Waals surface area contributed by atoms with Crippen molar-refractivity contribution in [2.45, 2.75) is 27.2 Å². The highest BCUT2D eigenvalue weighted by atomic mass is 16.5. The fourth-order valence-corrected chi connectivity index (χ4v) is 1.65. The second-order valence-corrected chi connectivity index (χ2v) is 4.96. The normalized spacial score (nSPS) is 20.8. The smallest absolute Gasteiger partial charge is 0.221 e. The van der Waals surface area contributed by atoms with Crippen LogP contribution in [0.25, 0.3) is 0 Å². The minimum absolute atomic E-state index is 0.0264. The molecule has 0 aliphatic carbocycles. The van der Waals surface area contributed by atoms with Crippen LogP contribution < -0.4 is 5.73 Å². The summed E-state index contributed by atoms with van der Waals surface area (Å²) in [7, 11) is 0. The molecule has 0 aromatic carbocycles. The quantitative estimate of drug-likeness (QED) is 0.717. The van der Waals surface area contributed by atoms with Crippen LogP contribution in [0.15, 0.2) is 0 Å². The van der Waals surface area contributed by atoms with Crippen LogP contribution in [-0.2, 0) is 9.53 Å². The number of nitrogens with two attached hydrogens (primary N) is 1. The van der Waals surface area contributed by atoms with Gasteiger partial charge in [-0.25, -0.2) is 0 Å². The van der Waals surface area contributed by atoms with E-state index in [0.717, 1.165) is 19.6 Å². The number of ether oxygens (including phenoxy) is 1. The molecule has 76 valence electrons. The van der Waals surface area contributed by atoms with Crippen molar-refractivity contribution in [3.63, 3.8) is 0 Å². The maximum absolute atomic E-state index is 11.2. The van der Waals surface area contributed by atoms with Crippen LogP contribution in [0.5, 0.6) is 0 Å². The lowest BCUT2D eigenvalue weighted by molar-refractivity contribution is -0.128. The van der Waals surface area contributed by atoms with Crippen LogP contribution in [0.3, 0.4) is 0 Å². The summed E-state index contributed by atoms with van der Waals surface area (Å²) < 4.78 is 5.08. The largest absolute Gasteiger partial charge is 0.381 e. The number of hydrogen-bond donors (Lipinski definition) is 1. The van der Waals surface area contributed by atoms with E-state index in [4.69, 9.17) is 10.5 Å². The molecule has 3 nitrogen and oxygen atoms in total. The van der Waals surface area contributed by atoms with Gasteiger partial charge < -0.3 is 10.5 Å². The van der Waals surface area contributed by atoms with Gasteiger partial charge in [0.1, 0.15) is 0 Å². The molecule has 1 fully saturated rings. The second-order valence-electron chi connectivity index (χ2n) is 4.96. The maximum atomic E-state index is 11.2. The van der Waals surface area contributed by atoms with Crippen molar-refractivity contribution in [1.82, 2.24) is 0 Å². The maximum Gasteiger partial charge on any atom is 0.221 e. The van der Waals surface area contributed by atoms with E-state index in [-0.39, 0.29) is 17.2 Å². The van der Waals surface area contributed by atoms with Gasteiger partial charge in [0.2, 0.25) is 5.91 Å². The first-order valence-electron chi connectivity index (χ1n) is 4.78. The average molecular weight is 185 g/mol. The van der Waals surface area contributed by atoms with E-state index in [1.807, 2.05) is 0 Å². The summed E-state index contributed by atoms with van der Waals surface area (Å²) in [5.74, 6) is 0.331. The minimum atomic E-state index is -0.181. The van der Waals surface area contributed by atoms with Gasteiger partial charge in [-0.2, -0.15) is 0 Å². The lowest BCUT2D eigenvalue weighted by Gasteiger charge is -2.34. The van der Waals surface area contributed by atoms with E-state index in [1.165, 1.54) is 0 Å². The van der Waals surface area contributed by atoms with Crippen LogP contribution in [0.4, 0.5) is 0 Å². The van der Waals surface area contributed by atoms with E-state index in [1.54, 1.807) is 0 Å². The Morgan fingerprint density at radius 2 is 2.08 bits per heavy atom. The Balaban J connectivity index is 2.51. The first-order chi connectivity index (χ1) is 5.91. The Morgan fingerprint density at radius 3 is 2.31 bits per heavy atom. The zero-order valence-corrected chi connectivity index (χ0v) is 8.67. The molecular weight excluding hydrogens is 166 g/mol. The van der Waals surface area contributed by atoms with E-state index in [9.17, 15) is 4.79 Å². The molecule has 0 aromatic rings. The predicted octanol–water partition coefficient (Wildman–Crippen LogP) is 1.17. The van der Waals surface area contributed by atoms with Gasteiger partial charge in [0.05, 0.1) is 13.2 Å². The van der Waals surface area contributed by atoms with Crippen molar-refractivity contribution in [2.75, 3.05) is 13.2 Å². The number of hydrogen-bond acceptors (Lipinski definition) is 2. The average Bonchev–Trinajstić information content (AvgIpc) is 1.79. The van der Waals surface area contributed by atoms with Gasteiger partial charge in [-0.05, 0) is 11.8 Å². The topological polar surface area (TPSA) is 52.3 Å². The molecule has 0 spiro atoms. The van der Waals surface area contributed by atoms with Crippen LogP contribution in [-0.4, -0.2) is 19.1 Å². The molecular formula is C10H19NO2. The number of carbonyl (C=O) groups excluding carboxylic acids is 1. The molecule has 1 unspecified atom stereocenters. The van der Waals surface area contributed by atoms with Crippen LogP contribution in [0, 0.1) is 17.3 Å². The highest BCUT2D eigenvalue weighted by Crippen LogP contribution is 2.33. The Bertz CT molecular complexity index is 192. The highest BCUT2D eigenvalue weighted by molar-refractivity contribution is 5.77. The molecule has 3 heteroatoms. The molecule has 1 aliphatic rings. The van der Waals surface area contributed by atoms with Crippen molar-refractivity contribution in [3.8, 4) is 0 Å². The van der Waals surface area contributed by atoms with Crippen molar-refractivity contribution in [1.29, 1.82) is 0 Å². The Labute approximate surface area is 79.6 Å². The summed E-state index contributed by atoms with van der Waals surface area (Å²) in [6, 6.07) is 0. The summed E-state index contributed by atoms with van der Waals surface area (Å²) in [6.07, 6.45) is 0.874. The summed E-state index contributed by atoms with van der Waals surface area (Å²) in [5.41, 5.74) is 5.34. The molecule has 13 heavy (non-hydrogen) atoms. The molecule has 1 aliphatic heterocycles. The third kappa shape index (κ3) is 2.69. The van der Waals surface area contributed by atoms with E-state index < -0.39 is 0 Å². The predicted molar refractivity (Wildman–Crippen MR) is 51.1 cm³/mol. The van der Waals surface area contributed by atoms with Gasteiger partial charge in [0, 0.05) is 11.8 Å². The summed E-state index contributed by atoms with van der Waals surface area (Å²) in [6.45, 7) is 7.76. The van der Waals surface area contributed by atoms with Gasteiger partial charge >= 0.3 is 0 Å².